The lowest BCUT2D eigenvalue weighted by atomic mass is 9.88. The first-order valence-corrected chi connectivity index (χ1v) is 11.2. The second-order valence-corrected chi connectivity index (χ2v) is 8.17. The summed E-state index contributed by atoms with van der Waals surface area (Å²) in [6.45, 7) is 1.91. The van der Waals surface area contributed by atoms with E-state index in [1.807, 2.05) is 54.6 Å². The SMILES string of the molecule is CCOC(=O)C1C(=O)N(Cc2ccccc2)c2nc3ccccc3n2C1c1ccccc1[N+](=O)[O-]. The molecular formula is C26H22N4O5. The molecule has 0 spiro atoms. The highest BCUT2D eigenvalue weighted by Crippen LogP contribution is 2.44. The van der Waals surface area contributed by atoms with Crippen LogP contribution in [-0.4, -0.2) is 33.0 Å². The summed E-state index contributed by atoms with van der Waals surface area (Å²) < 4.78 is 7.07. The maximum Gasteiger partial charge on any atom is 0.321 e. The van der Waals surface area contributed by atoms with Gasteiger partial charge in [-0.15, -0.1) is 0 Å². The molecule has 0 saturated heterocycles. The van der Waals surface area contributed by atoms with Crippen molar-refractivity contribution in [2.24, 2.45) is 5.92 Å². The normalized spacial score (nSPS) is 17.3. The van der Waals surface area contributed by atoms with Crippen molar-refractivity contribution in [3.05, 3.63) is 100 Å². The second-order valence-electron chi connectivity index (χ2n) is 8.17. The van der Waals surface area contributed by atoms with Gasteiger partial charge in [-0.25, -0.2) is 4.98 Å². The third kappa shape index (κ3) is 3.80. The summed E-state index contributed by atoms with van der Waals surface area (Å²) >= 11 is 0. The van der Waals surface area contributed by atoms with Gasteiger partial charge >= 0.3 is 5.97 Å². The lowest BCUT2D eigenvalue weighted by Gasteiger charge is -2.37. The summed E-state index contributed by atoms with van der Waals surface area (Å²) in [5.41, 5.74) is 2.19. The molecule has 5 rings (SSSR count). The van der Waals surface area contributed by atoms with Crippen LogP contribution < -0.4 is 4.90 Å². The van der Waals surface area contributed by atoms with Gasteiger partial charge in [-0.2, -0.15) is 0 Å². The molecule has 1 aliphatic heterocycles. The van der Waals surface area contributed by atoms with E-state index in [1.165, 1.54) is 11.0 Å². The molecule has 0 aliphatic carbocycles. The number of carbonyl (C=O) groups excluding carboxylic acids is 2. The monoisotopic (exact) mass is 470 g/mol. The van der Waals surface area contributed by atoms with Gasteiger partial charge in [-0.05, 0) is 24.6 Å². The predicted molar refractivity (Wildman–Crippen MR) is 129 cm³/mol. The highest BCUT2D eigenvalue weighted by atomic mass is 16.6. The number of imidazole rings is 1. The molecule has 0 radical (unpaired) electrons. The minimum atomic E-state index is -1.33. The van der Waals surface area contributed by atoms with Crippen LogP contribution in [0.25, 0.3) is 11.0 Å². The van der Waals surface area contributed by atoms with Gasteiger partial charge in [0.2, 0.25) is 11.9 Å². The zero-order valence-electron chi connectivity index (χ0n) is 18.9. The zero-order valence-corrected chi connectivity index (χ0v) is 18.9. The van der Waals surface area contributed by atoms with Gasteiger partial charge in [0, 0.05) is 6.07 Å². The van der Waals surface area contributed by atoms with E-state index in [0.29, 0.717) is 17.0 Å². The van der Waals surface area contributed by atoms with Gasteiger partial charge in [0.1, 0.15) is 0 Å². The van der Waals surface area contributed by atoms with E-state index in [9.17, 15) is 19.7 Å². The molecule has 0 fully saturated rings. The van der Waals surface area contributed by atoms with E-state index >= 15 is 0 Å². The minimum absolute atomic E-state index is 0.0719. The van der Waals surface area contributed by atoms with Crippen LogP contribution in [0, 0.1) is 16.0 Å². The predicted octanol–water partition coefficient (Wildman–Crippen LogP) is 4.26. The van der Waals surface area contributed by atoms with E-state index in [0.717, 1.165) is 5.56 Å². The Hall–Kier alpha value is -4.53. The first kappa shape index (κ1) is 22.3. The molecule has 9 heteroatoms. The Morgan fingerprint density at radius 2 is 1.71 bits per heavy atom. The van der Waals surface area contributed by atoms with Crippen molar-refractivity contribution in [2.45, 2.75) is 19.5 Å². The number of fused-ring (bicyclic) bond motifs is 3. The van der Waals surface area contributed by atoms with E-state index in [1.54, 1.807) is 29.7 Å². The number of ether oxygens (including phenoxy) is 1. The first-order valence-electron chi connectivity index (χ1n) is 11.2. The van der Waals surface area contributed by atoms with Crippen LogP contribution in [0.5, 0.6) is 0 Å². The second kappa shape index (κ2) is 9.02. The number of amides is 1. The molecule has 0 saturated carbocycles. The molecule has 176 valence electrons. The molecule has 0 bridgehead atoms. The van der Waals surface area contributed by atoms with Crippen molar-refractivity contribution in [1.82, 2.24) is 9.55 Å². The molecule has 0 N–H and O–H groups in total. The summed E-state index contributed by atoms with van der Waals surface area (Å²) in [6.07, 6.45) is 0. The number of para-hydroxylation sites is 3. The Morgan fingerprint density at radius 3 is 2.46 bits per heavy atom. The number of nitro benzene ring substituents is 1. The van der Waals surface area contributed by atoms with E-state index < -0.39 is 28.8 Å². The van der Waals surface area contributed by atoms with Gasteiger partial charge in [-0.1, -0.05) is 60.7 Å². The van der Waals surface area contributed by atoms with Crippen molar-refractivity contribution in [1.29, 1.82) is 0 Å². The third-order valence-corrected chi connectivity index (χ3v) is 6.12. The van der Waals surface area contributed by atoms with Crippen LogP contribution in [0.3, 0.4) is 0 Å². The van der Waals surface area contributed by atoms with Crippen molar-refractivity contribution in [2.75, 3.05) is 11.5 Å². The topological polar surface area (TPSA) is 108 Å². The van der Waals surface area contributed by atoms with Crippen molar-refractivity contribution in [3.8, 4) is 0 Å². The van der Waals surface area contributed by atoms with E-state index in [4.69, 9.17) is 9.72 Å². The molecule has 2 unspecified atom stereocenters. The lowest BCUT2D eigenvalue weighted by molar-refractivity contribution is -0.385. The van der Waals surface area contributed by atoms with Crippen LogP contribution in [0.2, 0.25) is 0 Å². The van der Waals surface area contributed by atoms with Gasteiger partial charge in [-0.3, -0.25) is 24.6 Å². The van der Waals surface area contributed by atoms with Crippen LogP contribution >= 0.6 is 0 Å². The molecule has 35 heavy (non-hydrogen) atoms. The summed E-state index contributed by atoms with van der Waals surface area (Å²) in [5, 5.41) is 11.9. The fraction of sp³-hybridized carbons (Fsp3) is 0.192. The molecule has 4 aromatic rings. The van der Waals surface area contributed by atoms with Crippen LogP contribution in [0.1, 0.15) is 24.1 Å². The lowest BCUT2D eigenvalue weighted by Crippen LogP contribution is -2.49. The van der Waals surface area contributed by atoms with Crippen molar-refractivity contribution in [3.63, 3.8) is 0 Å². The average molecular weight is 470 g/mol. The minimum Gasteiger partial charge on any atom is -0.465 e. The Morgan fingerprint density at radius 1 is 1.03 bits per heavy atom. The molecular weight excluding hydrogens is 448 g/mol. The summed E-state index contributed by atoms with van der Waals surface area (Å²) in [4.78, 5) is 44.8. The fourth-order valence-corrected chi connectivity index (χ4v) is 4.65. The number of nitrogens with zero attached hydrogens (tertiary/aromatic N) is 4. The van der Waals surface area contributed by atoms with Gasteiger partial charge in [0.25, 0.3) is 5.69 Å². The van der Waals surface area contributed by atoms with Gasteiger partial charge in [0.15, 0.2) is 5.92 Å². The number of rotatable bonds is 6. The fourth-order valence-electron chi connectivity index (χ4n) is 4.65. The van der Waals surface area contributed by atoms with Crippen molar-refractivity contribution < 1.29 is 19.2 Å². The van der Waals surface area contributed by atoms with Crippen molar-refractivity contribution >= 4 is 34.5 Å². The summed E-state index contributed by atoms with van der Waals surface area (Å²) in [7, 11) is 0. The number of aromatic nitrogens is 2. The largest absolute Gasteiger partial charge is 0.465 e. The maximum absolute atomic E-state index is 14.0. The highest BCUT2D eigenvalue weighted by molar-refractivity contribution is 6.08. The molecule has 9 nitrogen and oxygen atoms in total. The van der Waals surface area contributed by atoms with Crippen LogP contribution in [0.15, 0.2) is 78.9 Å². The highest BCUT2D eigenvalue weighted by Gasteiger charge is 2.49. The Labute approximate surface area is 200 Å². The summed E-state index contributed by atoms with van der Waals surface area (Å²) in [6, 6.07) is 21.8. The number of hydrogen-bond acceptors (Lipinski definition) is 6. The zero-order chi connectivity index (χ0) is 24.5. The number of benzene rings is 3. The number of esters is 1. The Kier molecular flexibility index (Phi) is 5.74. The maximum atomic E-state index is 14.0. The molecule has 1 aliphatic rings. The van der Waals surface area contributed by atoms with Crippen LogP contribution in [0.4, 0.5) is 11.6 Å². The standard InChI is InChI=1S/C26H22N4O5/c1-2-35-25(32)22-23(18-12-6-8-14-20(18)30(33)34)29-21-15-9-7-13-19(21)27-26(29)28(24(22)31)16-17-10-4-3-5-11-17/h3-15,22-23H,2,16H2,1H3. The quantitative estimate of drug-likeness (QED) is 0.180. The number of anilines is 1. The first-order chi connectivity index (χ1) is 17.0. The van der Waals surface area contributed by atoms with E-state index in [-0.39, 0.29) is 24.4 Å². The Balaban J connectivity index is 1.79. The average Bonchev–Trinajstić information content (AvgIpc) is 3.25. The third-order valence-electron chi connectivity index (χ3n) is 6.12. The Bertz CT molecular complexity index is 1430. The number of hydrogen-bond donors (Lipinski definition) is 0. The molecule has 1 amide bonds. The molecule has 3 aromatic carbocycles. The number of carbonyl (C=O) groups is 2. The molecule has 2 atom stereocenters. The van der Waals surface area contributed by atoms with Gasteiger partial charge < -0.3 is 9.30 Å². The van der Waals surface area contributed by atoms with Gasteiger partial charge in [0.05, 0.1) is 40.7 Å². The van der Waals surface area contributed by atoms with Crippen LogP contribution in [-0.2, 0) is 20.9 Å². The smallest absolute Gasteiger partial charge is 0.321 e. The number of nitro groups is 1. The molecule has 1 aromatic heterocycles. The molecule has 2 heterocycles. The van der Waals surface area contributed by atoms with E-state index in [2.05, 4.69) is 0 Å². The summed E-state index contributed by atoms with van der Waals surface area (Å²) in [5.74, 6) is -2.26.